The van der Waals surface area contributed by atoms with Gasteiger partial charge in [0.15, 0.2) is 0 Å². The topological polar surface area (TPSA) is 13.0 Å². The Morgan fingerprint density at radius 3 is 0.784 bits per heavy atom. The predicted octanol–water partition coefficient (Wildman–Crippen LogP) is 12.6. The fraction of sp³-hybridized carbons (Fsp3) is 0.471. The Labute approximate surface area is 441 Å². The van der Waals surface area contributed by atoms with E-state index >= 15 is 0 Å². The Balaban J connectivity index is 0.970. The lowest BCUT2D eigenvalue weighted by molar-refractivity contribution is 0.194. The number of rotatable bonds is 1. The highest BCUT2D eigenvalue weighted by Gasteiger charge is 2.67. The smallest absolute Gasteiger partial charge is 0.252 e. The summed E-state index contributed by atoms with van der Waals surface area (Å²) in [4.78, 5) is 12.0. The molecule has 0 spiro atoms. The van der Waals surface area contributed by atoms with Crippen LogP contribution in [0.15, 0.2) is 97.1 Å². The minimum Gasteiger partial charge on any atom is -0.335 e. The standard InChI is InChI=1S/C68H72B2N4/c1-61-29-9-13-33-65(61,5)71-51-37-41(38-52-55(51)69(47-25-17-21-43(61)57(47)71)48-26-18-22-44-58(48)72(52)66(6)34-14-10-30-62(44,66)2)42-39-53-56-54(40-42)74-60-46(64(4)32-12-16-36-68(64,74)8)24-20-28-50(60)70(56)49-27-19-23-45-59(49)73(53)67(7)35-15-11-31-63(45,67)3/h17-28,37-40H,9-16,29-36H2,1-8H3. The number of benzene rings is 6. The zero-order valence-electron chi connectivity index (χ0n) is 45.5. The first-order valence-corrected chi connectivity index (χ1v) is 29.8. The van der Waals surface area contributed by atoms with Crippen molar-refractivity contribution in [1.29, 1.82) is 0 Å². The summed E-state index contributed by atoms with van der Waals surface area (Å²) >= 11 is 0. The molecule has 6 heteroatoms. The zero-order chi connectivity index (χ0) is 49.6. The SMILES string of the molecule is CC12CCCCC1(C)N1c3cc(-c4cc5c6c(c4)N4c7c(cccc7C7(C)CCCCC47C)B6c4cccc6c4N5C4(C)CCCCC64C)cc4c3B(c3cccc2c31)c1cccc2c1N4C1(C)CCCCC21C. The molecule has 8 aliphatic heterocycles. The van der Waals surface area contributed by atoms with Gasteiger partial charge in [0, 0.05) is 67.2 Å². The van der Waals surface area contributed by atoms with Gasteiger partial charge in [0.1, 0.15) is 0 Å². The predicted molar refractivity (Wildman–Crippen MR) is 312 cm³/mol. The first-order valence-electron chi connectivity index (χ1n) is 29.8. The van der Waals surface area contributed by atoms with Gasteiger partial charge >= 0.3 is 0 Å². The molecule has 0 aromatic heterocycles. The molecule has 370 valence electrons. The average molecular weight is 967 g/mol. The van der Waals surface area contributed by atoms with Crippen molar-refractivity contribution in [3.8, 4) is 11.1 Å². The van der Waals surface area contributed by atoms with Gasteiger partial charge in [0.05, 0.1) is 22.2 Å². The Kier molecular flexibility index (Phi) is 7.46. The maximum atomic E-state index is 3.00. The molecule has 0 N–H and O–H groups in total. The molecule has 4 aliphatic carbocycles. The van der Waals surface area contributed by atoms with E-state index in [0.29, 0.717) is 0 Å². The van der Waals surface area contributed by atoms with Crippen molar-refractivity contribution in [1.82, 2.24) is 0 Å². The van der Waals surface area contributed by atoms with Gasteiger partial charge in [-0.3, -0.25) is 0 Å². The summed E-state index contributed by atoms with van der Waals surface area (Å²) in [5.41, 5.74) is 30.8. The summed E-state index contributed by atoms with van der Waals surface area (Å²) in [7, 11) is 0. The molecule has 0 amide bonds. The van der Waals surface area contributed by atoms with Gasteiger partial charge in [0.2, 0.25) is 0 Å². The molecule has 0 saturated heterocycles. The van der Waals surface area contributed by atoms with E-state index in [-0.39, 0.29) is 57.2 Å². The summed E-state index contributed by atoms with van der Waals surface area (Å²) in [5, 5.41) is 0. The van der Waals surface area contributed by atoms with E-state index in [9.17, 15) is 0 Å². The van der Waals surface area contributed by atoms with E-state index < -0.39 is 0 Å². The Bertz CT molecular complexity index is 3190. The van der Waals surface area contributed by atoms with Crippen LogP contribution in [-0.4, -0.2) is 35.6 Å². The van der Waals surface area contributed by atoms with Crippen molar-refractivity contribution in [3.63, 3.8) is 0 Å². The molecule has 4 fully saturated rings. The molecule has 0 radical (unpaired) electrons. The summed E-state index contributed by atoms with van der Waals surface area (Å²) in [6, 6.07) is 41.3. The lowest BCUT2D eigenvalue weighted by atomic mass is 9.33. The monoisotopic (exact) mass is 967 g/mol. The quantitative estimate of drug-likeness (QED) is 0.152. The molecule has 6 aromatic rings. The van der Waals surface area contributed by atoms with Crippen LogP contribution < -0.4 is 52.4 Å². The average Bonchev–Trinajstić information content (AvgIpc) is 3.95. The van der Waals surface area contributed by atoms with Crippen LogP contribution in [0.1, 0.15) is 180 Å². The summed E-state index contributed by atoms with van der Waals surface area (Å²) in [6.07, 6.45) is 20.2. The first kappa shape index (κ1) is 42.8. The molecule has 8 heterocycles. The van der Waals surface area contributed by atoms with Gasteiger partial charge in [0.25, 0.3) is 13.4 Å². The number of hydrogen-bond acceptors (Lipinski definition) is 4. The number of para-hydroxylation sites is 4. The third-order valence-electron chi connectivity index (χ3n) is 26.0. The van der Waals surface area contributed by atoms with Crippen molar-refractivity contribution in [3.05, 3.63) is 119 Å². The second-order valence-corrected chi connectivity index (χ2v) is 28.3. The van der Waals surface area contributed by atoms with Crippen LogP contribution in [0.3, 0.4) is 0 Å². The van der Waals surface area contributed by atoms with E-state index in [0.717, 1.165) is 0 Å². The van der Waals surface area contributed by atoms with Crippen LogP contribution in [0.2, 0.25) is 0 Å². The van der Waals surface area contributed by atoms with Crippen LogP contribution in [0.25, 0.3) is 11.1 Å². The van der Waals surface area contributed by atoms with E-state index in [1.54, 1.807) is 77.8 Å². The molecule has 8 unspecified atom stereocenters. The van der Waals surface area contributed by atoms with E-state index in [2.05, 4.69) is 172 Å². The Morgan fingerprint density at radius 1 is 0.311 bits per heavy atom. The Hall–Kier alpha value is -5.35. The lowest BCUT2D eigenvalue weighted by Gasteiger charge is -2.55. The van der Waals surface area contributed by atoms with Crippen molar-refractivity contribution in [2.75, 3.05) is 19.6 Å². The number of anilines is 8. The van der Waals surface area contributed by atoms with Crippen LogP contribution >= 0.6 is 0 Å². The van der Waals surface area contributed by atoms with Crippen molar-refractivity contribution >= 4 is 91.7 Å². The van der Waals surface area contributed by atoms with Crippen LogP contribution in [-0.2, 0) is 21.7 Å². The maximum absolute atomic E-state index is 3.00. The van der Waals surface area contributed by atoms with Crippen LogP contribution in [0.5, 0.6) is 0 Å². The van der Waals surface area contributed by atoms with Crippen molar-refractivity contribution < 1.29 is 0 Å². The van der Waals surface area contributed by atoms with Crippen LogP contribution in [0.4, 0.5) is 45.5 Å². The van der Waals surface area contributed by atoms with Crippen molar-refractivity contribution in [2.45, 2.75) is 202 Å². The van der Waals surface area contributed by atoms with E-state index in [1.807, 2.05) is 0 Å². The fourth-order valence-electron chi connectivity index (χ4n) is 21.5. The largest absolute Gasteiger partial charge is 0.335 e. The molecular formula is C68H72B2N4. The first-order chi connectivity index (χ1) is 35.7. The number of hydrogen-bond donors (Lipinski definition) is 0. The summed E-state index contributed by atoms with van der Waals surface area (Å²) in [5.74, 6) is 0. The second kappa shape index (κ2) is 12.9. The van der Waals surface area contributed by atoms with E-state index in [1.165, 1.54) is 137 Å². The summed E-state index contributed by atoms with van der Waals surface area (Å²) < 4.78 is 0. The molecule has 0 bridgehead atoms. The lowest BCUT2D eigenvalue weighted by Crippen LogP contribution is -2.66. The molecular weight excluding hydrogens is 894 g/mol. The molecule has 6 aromatic carbocycles. The third-order valence-corrected chi connectivity index (χ3v) is 26.0. The highest BCUT2D eigenvalue weighted by molar-refractivity contribution is 7.01. The Morgan fingerprint density at radius 2 is 0.541 bits per heavy atom. The normalized spacial score (nSPS) is 35.8. The van der Waals surface area contributed by atoms with E-state index in [4.69, 9.17) is 0 Å². The van der Waals surface area contributed by atoms with Crippen LogP contribution in [0, 0.1) is 0 Å². The molecule has 74 heavy (non-hydrogen) atoms. The minimum absolute atomic E-state index is 0.0299. The van der Waals surface area contributed by atoms with Gasteiger partial charge < -0.3 is 19.6 Å². The van der Waals surface area contributed by atoms with Gasteiger partial charge in [-0.1, -0.05) is 152 Å². The summed E-state index contributed by atoms with van der Waals surface area (Å²) in [6.45, 7) is 21.7. The highest BCUT2D eigenvalue weighted by atomic mass is 15.3. The van der Waals surface area contributed by atoms with Gasteiger partial charge in [-0.05, 0) is 169 Å². The zero-order valence-corrected chi connectivity index (χ0v) is 45.5. The number of fused-ring (bicyclic) bond motifs is 20. The minimum atomic E-state index is -0.0299. The van der Waals surface area contributed by atoms with Gasteiger partial charge in [-0.25, -0.2) is 0 Å². The third kappa shape index (κ3) is 4.16. The molecule has 4 saturated carbocycles. The fourth-order valence-corrected chi connectivity index (χ4v) is 21.5. The molecule has 4 nitrogen and oxygen atoms in total. The number of nitrogens with zero attached hydrogens (tertiary/aromatic N) is 4. The van der Waals surface area contributed by atoms with Gasteiger partial charge in [-0.15, -0.1) is 0 Å². The van der Waals surface area contributed by atoms with Crippen molar-refractivity contribution in [2.24, 2.45) is 0 Å². The molecule has 12 aliphatic rings. The molecule has 8 atom stereocenters. The maximum Gasteiger partial charge on any atom is 0.252 e. The molecule has 18 rings (SSSR count). The second-order valence-electron chi connectivity index (χ2n) is 28.3. The highest BCUT2D eigenvalue weighted by Crippen LogP contribution is 2.68. The van der Waals surface area contributed by atoms with Gasteiger partial charge in [-0.2, -0.15) is 0 Å².